The number of halogens is 1. The molecule has 45 heavy (non-hydrogen) atoms. The van der Waals surface area contributed by atoms with Crippen LogP contribution in [0.5, 0.6) is 0 Å². The lowest BCUT2D eigenvalue weighted by atomic mass is 9.72. The molecule has 0 bridgehead atoms. The quantitative estimate of drug-likeness (QED) is 0.175. The molecule has 0 saturated carbocycles. The van der Waals surface area contributed by atoms with Crippen LogP contribution in [0.3, 0.4) is 0 Å². The fourth-order valence-electron chi connectivity index (χ4n) is 6.34. The number of benzene rings is 3. The van der Waals surface area contributed by atoms with E-state index in [9.17, 15) is 14.7 Å². The van der Waals surface area contributed by atoms with E-state index in [2.05, 4.69) is 29.6 Å². The van der Waals surface area contributed by atoms with Crippen LogP contribution in [0.15, 0.2) is 66.7 Å². The predicted octanol–water partition coefficient (Wildman–Crippen LogP) is 5.63. The normalized spacial score (nSPS) is 16.4. The summed E-state index contributed by atoms with van der Waals surface area (Å²) in [6.07, 6.45) is 1.82. The van der Waals surface area contributed by atoms with Gasteiger partial charge in [-0.2, -0.15) is 0 Å². The fraction of sp³-hybridized carbons (Fsp3) is 0.444. The molecular weight excluding hydrogens is 571 g/mol. The zero-order valence-corrected chi connectivity index (χ0v) is 26.7. The van der Waals surface area contributed by atoms with Crippen molar-refractivity contribution in [2.75, 3.05) is 46.8 Å². The summed E-state index contributed by atoms with van der Waals surface area (Å²) in [4.78, 5) is 28.7. The van der Waals surface area contributed by atoms with Crippen LogP contribution in [0.25, 0.3) is 11.1 Å². The first-order valence-corrected chi connectivity index (χ1v) is 15.9. The molecule has 0 radical (unpaired) electrons. The number of aryl methyl sites for hydroxylation is 1. The van der Waals surface area contributed by atoms with E-state index in [0.29, 0.717) is 54.6 Å². The summed E-state index contributed by atoms with van der Waals surface area (Å²) in [5, 5.41) is 27.5. The average Bonchev–Trinajstić information content (AvgIpc) is 3.02. The monoisotopic (exact) mass is 618 g/mol. The van der Waals surface area contributed by atoms with Gasteiger partial charge in [-0.1, -0.05) is 54.1 Å². The fourth-order valence-corrected chi connectivity index (χ4v) is 6.34. The number of hydrogen-bond acceptors (Lipinski definition) is 5. The number of carbonyl (C=O) groups is 2. The molecular formula is C36H47FN4O4. The highest BCUT2D eigenvalue weighted by Crippen LogP contribution is 2.44. The summed E-state index contributed by atoms with van der Waals surface area (Å²) in [7, 11) is 4.12. The van der Waals surface area contributed by atoms with Crippen LogP contribution in [0.2, 0.25) is 0 Å². The SMILES string of the molecule is Cc1cccc(-c2c(F)cccc2C(O)(CCCNC(=O)O)C2CCCN(C(=O)c3ccc(CNCCCN(C)C)cc3)C2)c1. The lowest BCUT2D eigenvalue weighted by Gasteiger charge is -2.43. The molecule has 3 aromatic rings. The first-order chi connectivity index (χ1) is 21.6. The van der Waals surface area contributed by atoms with E-state index in [1.807, 2.05) is 55.5 Å². The molecule has 1 aliphatic heterocycles. The molecule has 0 aromatic heterocycles. The lowest BCUT2D eigenvalue weighted by Crippen LogP contribution is -2.48. The van der Waals surface area contributed by atoms with Gasteiger partial charge >= 0.3 is 6.09 Å². The number of hydrogen-bond donors (Lipinski definition) is 4. The Labute approximate surface area is 266 Å². The molecule has 2 atom stereocenters. The Morgan fingerprint density at radius 3 is 2.51 bits per heavy atom. The first-order valence-electron chi connectivity index (χ1n) is 15.9. The number of piperidine rings is 1. The van der Waals surface area contributed by atoms with E-state index in [4.69, 9.17) is 5.11 Å². The molecule has 2 unspecified atom stereocenters. The van der Waals surface area contributed by atoms with Crippen molar-refractivity contribution in [2.45, 2.75) is 51.2 Å². The highest BCUT2D eigenvalue weighted by molar-refractivity contribution is 5.94. The molecule has 4 N–H and O–H groups in total. The Balaban J connectivity index is 1.55. The number of nitrogens with zero attached hydrogens (tertiary/aromatic N) is 2. The number of amides is 2. The van der Waals surface area contributed by atoms with Gasteiger partial charge in [-0.15, -0.1) is 0 Å². The Morgan fingerprint density at radius 1 is 1.04 bits per heavy atom. The van der Waals surface area contributed by atoms with Gasteiger partial charge in [0.15, 0.2) is 0 Å². The van der Waals surface area contributed by atoms with Gasteiger partial charge in [0.25, 0.3) is 5.91 Å². The Bertz CT molecular complexity index is 1430. The lowest BCUT2D eigenvalue weighted by molar-refractivity contribution is -0.0564. The number of aliphatic hydroxyl groups is 1. The van der Waals surface area contributed by atoms with Gasteiger partial charge in [0.2, 0.25) is 0 Å². The van der Waals surface area contributed by atoms with Gasteiger partial charge in [0.05, 0.1) is 5.60 Å². The van der Waals surface area contributed by atoms with Gasteiger partial charge in [0.1, 0.15) is 5.82 Å². The van der Waals surface area contributed by atoms with Crippen LogP contribution < -0.4 is 10.6 Å². The molecule has 2 amide bonds. The van der Waals surface area contributed by atoms with Crippen molar-refractivity contribution in [2.24, 2.45) is 5.92 Å². The van der Waals surface area contributed by atoms with Crippen molar-refractivity contribution in [1.82, 2.24) is 20.4 Å². The second-order valence-corrected chi connectivity index (χ2v) is 12.4. The topological polar surface area (TPSA) is 105 Å². The maximum Gasteiger partial charge on any atom is 0.404 e. The van der Waals surface area contributed by atoms with E-state index in [-0.39, 0.29) is 24.8 Å². The van der Waals surface area contributed by atoms with Gasteiger partial charge in [0, 0.05) is 43.2 Å². The van der Waals surface area contributed by atoms with E-state index in [1.165, 1.54) is 6.07 Å². The molecule has 8 nitrogen and oxygen atoms in total. The average molecular weight is 619 g/mol. The molecule has 1 fully saturated rings. The second-order valence-electron chi connectivity index (χ2n) is 12.4. The molecule has 1 heterocycles. The van der Waals surface area contributed by atoms with Crippen molar-refractivity contribution >= 4 is 12.0 Å². The molecule has 0 aliphatic carbocycles. The van der Waals surface area contributed by atoms with Crippen molar-refractivity contribution in [3.63, 3.8) is 0 Å². The zero-order valence-electron chi connectivity index (χ0n) is 26.7. The summed E-state index contributed by atoms with van der Waals surface area (Å²) in [6, 6.07) is 20.0. The summed E-state index contributed by atoms with van der Waals surface area (Å²) in [6.45, 7) is 5.63. The number of nitrogens with one attached hydrogen (secondary N) is 2. The summed E-state index contributed by atoms with van der Waals surface area (Å²) in [5.41, 5.74) is 2.63. The summed E-state index contributed by atoms with van der Waals surface area (Å²) < 4.78 is 15.6. The van der Waals surface area contributed by atoms with Crippen LogP contribution in [0.4, 0.5) is 9.18 Å². The predicted molar refractivity (Wildman–Crippen MR) is 176 cm³/mol. The number of likely N-dealkylation sites (tertiary alicyclic amines) is 1. The van der Waals surface area contributed by atoms with Crippen molar-refractivity contribution in [3.8, 4) is 11.1 Å². The van der Waals surface area contributed by atoms with Crippen LogP contribution in [0.1, 0.15) is 59.2 Å². The summed E-state index contributed by atoms with van der Waals surface area (Å²) >= 11 is 0. The largest absolute Gasteiger partial charge is 0.465 e. The molecule has 3 aromatic carbocycles. The second kappa shape index (κ2) is 16.0. The van der Waals surface area contributed by atoms with Crippen LogP contribution >= 0.6 is 0 Å². The maximum atomic E-state index is 15.6. The minimum Gasteiger partial charge on any atom is -0.465 e. The van der Waals surface area contributed by atoms with Crippen molar-refractivity contribution in [3.05, 3.63) is 94.8 Å². The number of carbonyl (C=O) groups excluding carboxylic acids is 1. The maximum absolute atomic E-state index is 15.6. The molecule has 1 saturated heterocycles. The van der Waals surface area contributed by atoms with Gasteiger partial charge in [-0.25, -0.2) is 9.18 Å². The Hall–Kier alpha value is -3.79. The third-order valence-electron chi connectivity index (χ3n) is 8.67. The minimum atomic E-state index is -1.50. The number of rotatable bonds is 14. The standard InChI is InChI=1S/C36H47FN4O4/c1-26-9-4-10-29(23-26)33-31(12-5-13-32(33)37)36(45,18-7-20-39-35(43)44)30-11-6-22-41(25-30)34(42)28-16-14-27(15-17-28)24-38-19-8-21-40(2)3/h4-5,9-10,12-17,23,30,38-39,45H,6-8,11,18-22,24-25H2,1-3H3,(H,43,44). The smallest absolute Gasteiger partial charge is 0.404 e. The van der Waals surface area contributed by atoms with E-state index in [1.54, 1.807) is 17.0 Å². The van der Waals surface area contributed by atoms with Crippen LogP contribution in [-0.4, -0.2) is 78.8 Å². The van der Waals surface area contributed by atoms with E-state index < -0.39 is 17.5 Å². The first kappa shape index (κ1) is 34.1. The molecule has 0 spiro atoms. The summed E-state index contributed by atoms with van der Waals surface area (Å²) in [5.74, 6) is -0.912. The van der Waals surface area contributed by atoms with Crippen molar-refractivity contribution in [1.29, 1.82) is 0 Å². The Kier molecular flexibility index (Phi) is 12.1. The van der Waals surface area contributed by atoms with E-state index in [0.717, 1.165) is 37.2 Å². The third kappa shape index (κ3) is 9.12. The van der Waals surface area contributed by atoms with E-state index >= 15 is 4.39 Å². The highest BCUT2D eigenvalue weighted by atomic mass is 19.1. The number of carboxylic acid groups (broad SMARTS) is 1. The molecule has 4 rings (SSSR count). The minimum absolute atomic E-state index is 0.0989. The zero-order chi connectivity index (χ0) is 32.4. The van der Waals surface area contributed by atoms with Gasteiger partial charge in [-0.3, -0.25) is 4.79 Å². The van der Waals surface area contributed by atoms with Crippen molar-refractivity contribution < 1.29 is 24.2 Å². The van der Waals surface area contributed by atoms with Crippen LogP contribution in [-0.2, 0) is 12.1 Å². The Morgan fingerprint density at radius 2 is 1.80 bits per heavy atom. The van der Waals surface area contributed by atoms with Gasteiger partial charge < -0.3 is 30.6 Å². The molecule has 9 heteroatoms. The highest BCUT2D eigenvalue weighted by Gasteiger charge is 2.43. The third-order valence-corrected chi connectivity index (χ3v) is 8.67. The molecule has 242 valence electrons. The van der Waals surface area contributed by atoms with Gasteiger partial charge in [-0.05, 0) is 101 Å². The molecule has 1 aliphatic rings. The van der Waals surface area contributed by atoms with Crippen LogP contribution in [0, 0.1) is 18.7 Å².